The van der Waals surface area contributed by atoms with E-state index in [1.54, 1.807) is 0 Å². The van der Waals surface area contributed by atoms with E-state index < -0.39 is 46.9 Å². The molecule has 0 atom stereocenters. The topological polar surface area (TPSA) is 55.7 Å². The highest BCUT2D eigenvalue weighted by Crippen LogP contribution is 2.25. The van der Waals surface area contributed by atoms with Gasteiger partial charge in [0.05, 0.1) is 19.2 Å². The lowest BCUT2D eigenvalue weighted by atomic mass is 10.1. The normalized spacial score (nSPS) is 9.83. The Morgan fingerprint density at radius 1 is 1.17 bits per heavy atom. The molecule has 0 amide bonds. The number of rotatable bonds is 3. The van der Waals surface area contributed by atoms with Crippen LogP contribution >= 0.6 is 0 Å². The Morgan fingerprint density at radius 3 is 2.06 bits per heavy atom. The van der Waals surface area contributed by atoms with Crippen LogP contribution in [-0.4, -0.2) is 19.2 Å². The Bertz CT molecular complexity index is 524. The molecule has 96 valence electrons. The summed E-state index contributed by atoms with van der Waals surface area (Å²) in [7, 11) is 0.793. The summed E-state index contributed by atoms with van der Waals surface area (Å²) in [6.07, 6.45) is 0.963. The predicted molar refractivity (Wildman–Crippen MR) is 49.4 cm³/mol. The summed E-state index contributed by atoms with van der Waals surface area (Å²) < 4.78 is 57.4. The van der Waals surface area contributed by atoms with Crippen molar-refractivity contribution in [3.8, 4) is 0 Å². The molecule has 4 nitrogen and oxygen atoms in total. The molecular weight excluding hydrogens is 258 g/mol. The van der Waals surface area contributed by atoms with Gasteiger partial charge in [-0.2, -0.15) is 0 Å². The van der Waals surface area contributed by atoms with Crippen LogP contribution in [0.1, 0.15) is 15.9 Å². The molecule has 0 aliphatic heterocycles. The van der Waals surface area contributed by atoms with Gasteiger partial charge in [-0.3, -0.25) is 0 Å². The fraction of sp³-hybridized carbons (Fsp3) is 0.200. The number of benzene rings is 1. The second-order valence-electron chi connectivity index (χ2n) is 3.01. The first kappa shape index (κ1) is 13.9. The van der Waals surface area contributed by atoms with Crippen LogP contribution in [0.3, 0.4) is 0 Å². The number of nitrogens with zero attached hydrogens (tertiary/aromatic N) is 1. The molecule has 18 heavy (non-hydrogen) atoms. The van der Waals surface area contributed by atoms with E-state index >= 15 is 0 Å². The molecule has 0 bridgehead atoms. The molecule has 1 aromatic rings. The van der Waals surface area contributed by atoms with Gasteiger partial charge >= 0.3 is 5.97 Å². The van der Waals surface area contributed by atoms with E-state index in [9.17, 15) is 27.2 Å². The van der Waals surface area contributed by atoms with Crippen LogP contribution < -0.4 is 0 Å². The monoisotopic (exact) mass is 263 g/mol. The van der Waals surface area contributed by atoms with Crippen LogP contribution in [0, 0.1) is 23.3 Å². The molecule has 0 aliphatic rings. The van der Waals surface area contributed by atoms with Crippen molar-refractivity contribution in [1.82, 2.24) is 0 Å². The number of methoxy groups -OCH3 is 1. The van der Waals surface area contributed by atoms with E-state index in [0.29, 0.717) is 0 Å². The second-order valence-corrected chi connectivity index (χ2v) is 3.01. The van der Waals surface area contributed by atoms with Gasteiger partial charge in [-0.15, -0.1) is 0 Å². The molecular formula is C10H5F4NO3. The third kappa shape index (κ3) is 2.23. The fourth-order valence-corrected chi connectivity index (χ4v) is 1.21. The van der Waals surface area contributed by atoms with Gasteiger partial charge in [0.2, 0.25) is 6.08 Å². The molecule has 0 unspecified atom stereocenters. The summed E-state index contributed by atoms with van der Waals surface area (Å²) in [6, 6.07) is 0. The van der Waals surface area contributed by atoms with E-state index in [-0.39, 0.29) is 0 Å². The van der Waals surface area contributed by atoms with Crippen LogP contribution in [0.5, 0.6) is 0 Å². The predicted octanol–water partition coefficient (Wildman–Crippen LogP) is 1.87. The number of isocyanates is 1. The molecule has 0 heterocycles. The zero-order valence-electron chi connectivity index (χ0n) is 8.89. The number of carbonyl (C=O) groups is 1. The van der Waals surface area contributed by atoms with Crippen LogP contribution in [0.2, 0.25) is 0 Å². The van der Waals surface area contributed by atoms with Crippen molar-refractivity contribution in [2.45, 2.75) is 6.54 Å². The van der Waals surface area contributed by atoms with Gasteiger partial charge in [0.25, 0.3) is 0 Å². The van der Waals surface area contributed by atoms with Crippen molar-refractivity contribution >= 4 is 12.0 Å². The Labute approximate surface area is 97.9 Å². The molecule has 0 aromatic heterocycles. The third-order valence-electron chi connectivity index (χ3n) is 2.05. The molecule has 1 aromatic carbocycles. The van der Waals surface area contributed by atoms with Crippen molar-refractivity contribution in [2.75, 3.05) is 7.11 Å². The first-order chi connectivity index (χ1) is 8.45. The maximum atomic E-state index is 13.3. The quantitative estimate of drug-likeness (QED) is 0.275. The Hall–Kier alpha value is -2.21. The van der Waals surface area contributed by atoms with Gasteiger partial charge in [-0.1, -0.05) is 0 Å². The molecule has 0 spiro atoms. The van der Waals surface area contributed by atoms with Gasteiger partial charge in [-0.25, -0.2) is 32.1 Å². The SMILES string of the molecule is COC(=O)c1c(F)c(F)c(CN=C=O)c(F)c1F. The molecule has 0 radical (unpaired) electrons. The minimum absolute atomic E-state index is 0.793. The van der Waals surface area contributed by atoms with E-state index in [0.717, 1.165) is 13.2 Å². The van der Waals surface area contributed by atoms with Gasteiger partial charge < -0.3 is 4.74 Å². The zero-order valence-corrected chi connectivity index (χ0v) is 8.89. The number of halogens is 4. The molecule has 0 saturated carbocycles. The maximum Gasteiger partial charge on any atom is 0.344 e. The molecule has 0 aliphatic carbocycles. The minimum atomic E-state index is -1.91. The number of aliphatic imine (C=N–C) groups is 1. The highest BCUT2D eigenvalue weighted by Gasteiger charge is 2.29. The number of ether oxygens (including phenoxy) is 1. The Balaban J connectivity index is 3.54. The smallest absolute Gasteiger partial charge is 0.344 e. The zero-order chi connectivity index (χ0) is 13.9. The van der Waals surface area contributed by atoms with Gasteiger partial charge in [0, 0.05) is 0 Å². The number of carbonyl (C=O) groups excluding carboxylic acids is 2. The van der Waals surface area contributed by atoms with Crippen LogP contribution in [0.15, 0.2) is 4.99 Å². The highest BCUT2D eigenvalue weighted by atomic mass is 19.2. The van der Waals surface area contributed by atoms with Crippen molar-refractivity contribution in [1.29, 1.82) is 0 Å². The molecule has 0 fully saturated rings. The van der Waals surface area contributed by atoms with Crippen molar-refractivity contribution in [3.63, 3.8) is 0 Å². The van der Waals surface area contributed by atoms with E-state index in [2.05, 4.69) is 9.73 Å². The van der Waals surface area contributed by atoms with Gasteiger partial charge in [0.1, 0.15) is 5.56 Å². The Morgan fingerprint density at radius 2 is 1.67 bits per heavy atom. The summed E-state index contributed by atoms with van der Waals surface area (Å²) in [6.45, 7) is -0.934. The first-order valence-corrected chi connectivity index (χ1v) is 4.42. The number of hydrogen-bond acceptors (Lipinski definition) is 4. The number of esters is 1. The first-order valence-electron chi connectivity index (χ1n) is 4.42. The highest BCUT2D eigenvalue weighted by molar-refractivity contribution is 5.90. The molecule has 1 rings (SSSR count). The van der Waals surface area contributed by atoms with Crippen LogP contribution in [0.4, 0.5) is 17.6 Å². The lowest BCUT2D eigenvalue weighted by Gasteiger charge is -2.08. The summed E-state index contributed by atoms with van der Waals surface area (Å²) in [4.78, 5) is 23.6. The van der Waals surface area contributed by atoms with Crippen molar-refractivity contribution in [3.05, 3.63) is 34.4 Å². The fourth-order valence-electron chi connectivity index (χ4n) is 1.21. The largest absolute Gasteiger partial charge is 0.465 e. The lowest BCUT2D eigenvalue weighted by Crippen LogP contribution is -2.14. The van der Waals surface area contributed by atoms with E-state index in [1.165, 1.54) is 0 Å². The standard InChI is InChI=1S/C10H5F4NO3/c1-18-10(17)5-8(13)6(11)4(2-15-3-16)7(12)9(5)14/h2H2,1H3. The van der Waals surface area contributed by atoms with Crippen LogP contribution in [-0.2, 0) is 16.1 Å². The van der Waals surface area contributed by atoms with Gasteiger partial charge in [-0.05, 0) is 0 Å². The van der Waals surface area contributed by atoms with E-state index in [1.807, 2.05) is 0 Å². The molecule has 0 saturated heterocycles. The maximum absolute atomic E-state index is 13.3. The van der Waals surface area contributed by atoms with Crippen molar-refractivity contribution in [2.24, 2.45) is 4.99 Å². The third-order valence-corrected chi connectivity index (χ3v) is 2.05. The summed E-state index contributed by atoms with van der Waals surface area (Å²) >= 11 is 0. The summed E-state index contributed by atoms with van der Waals surface area (Å²) in [5, 5.41) is 0. The van der Waals surface area contributed by atoms with Crippen LogP contribution in [0.25, 0.3) is 0 Å². The average molecular weight is 263 g/mol. The lowest BCUT2D eigenvalue weighted by molar-refractivity contribution is 0.0586. The van der Waals surface area contributed by atoms with Gasteiger partial charge in [0.15, 0.2) is 23.3 Å². The molecule has 0 N–H and O–H groups in total. The Kier molecular flexibility index (Phi) is 4.17. The second kappa shape index (κ2) is 5.42. The number of hydrogen-bond donors (Lipinski definition) is 0. The summed E-state index contributed by atoms with van der Waals surface area (Å²) in [5.74, 6) is -9.00. The molecule has 8 heteroatoms. The minimum Gasteiger partial charge on any atom is -0.465 e. The van der Waals surface area contributed by atoms with Crippen molar-refractivity contribution < 1.29 is 31.9 Å². The van der Waals surface area contributed by atoms with E-state index in [4.69, 9.17) is 0 Å². The average Bonchev–Trinajstić information content (AvgIpc) is 2.36. The summed E-state index contributed by atoms with van der Waals surface area (Å²) in [5.41, 5.74) is -2.59.